The Morgan fingerprint density at radius 1 is 1.13 bits per heavy atom. The first-order valence-corrected chi connectivity index (χ1v) is 9.52. The maximum Gasteiger partial charge on any atom is 0.433 e. The summed E-state index contributed by atoms with van der Waals surface area (Å²) in [5.41, 5.74) is 1.05. The Bertz CT molecular complexity index is 1160. The lowest BCUT2D eigenvalue weighted by molar-refractivity contribution is -0.140. The summed E-state index contributed by atoms with van der Waals surface area (Å²) < 4.78 is 52.6. The van der Waals surface area contributed by atoms with Crippen LogP contribution in [0.2, 0.25) is 0 Å². The lowest BCUT2D eigenvalue weighted by Gasteiger charge is -2.36. The summed E-state index contributed by atoms with van der Waals surface area (Å²) in [6, 6.07) is 7.91. The van der Waals surface area contributed by atoms with Crippen molar-refractivity contribution in [2.75, 3.05) is 5.32 Å². The number of nitrogens with one attached hydrogen (secondary N) is 1. The Balaban J connectivity index is 1.40. The topological polar surface area (TPSA) is 58.1 Å². The van der Waals surface area contributed by atoms with Gasteiger partial charge in [0.15, 0.2) is 0 Å². The van der Waals surface area contributed by atoms with E-state index < -0.39 is 17.8 Å². The smallest absolute Gasteiger partial charge is 0.314 e. The number of nitrogens with zero attached hydrogens (tertiary/aromatic N) is 3. The SMILES string of the molecule is O=C(Nc1ccc2nc(C(F)(F)F)ccc2c1)N1C2CCC1c1ccnc(F)c1C2. The number of aromatic nitrogens is 2. The van der Waals surface area contributed by atoms with E-state index in [0.717, 1.165) is 24.5 Å². The summed E-state index contributed by atoms with van der Waals surface area (Å²) in [5, 5.41) is 3.31. The van der Waals surface area contributed by atoms with Crippen LogP contribution in [-0.2, 0) is 12.6 Å². The van der Waals surface area contributed by atoms with Gasteiger partial charge in [-0.3, -0.25) is 0 Å². The number of carbonyl (C=O) groups excluding carboxylic acids is 1. The molecule has 1 saturated heterocycles. The zero-order chi connectivity index (χ0) is 21.0. The van der Waals surface area contributed by atoms with Crippen LogP contribution in [0.4, 0.5) is 28.0 Å². The lowest BCUT2D eigenvalue weighted by Crippen LogP contribution is -2.44. The van der Waals surface area contributed by atoms with Gasteiger partial charge in [0.25, 0.3) is 0 Å². The van der Waals surface area contributed by atoms with Crippen LogP contribution in [0.5, 0.6) is 0 Å². The molecule has 154 valence electrons. The molecule has 2 aliphatic rings. The monoisotopic (exact) mass is 416 g/mol. The number of amides is 2. The van der Waals surface area contributed by atoms with Gasteiger partial charge >= 0.3 is 12.2 Å². The van der Waals surface area contributed by atoms with Crippen LogP contribution in [0.15, 0.2) is 42.6 Å². The highest BCUT2D eigenvalue weighted by Gasteiger charge is 2.43. The van der Waals surface area contributed by atoms with Gasteiger partial charge < -0.3 is 10.2 Å². The molecule has 5 nitrogen and oxygen atoms in total. The molecule has 30 heavy (non-hydrogen) atoms. The molecule has 0 spiro atoms. The summed E-state index contributed by atoms with van der Waals surface area (Å²) in [4.78, 5) is 22.1. The third kappa shape index (κ3) is 3.05. The number of urea groups is 1. The van der Waals surface area contributed by atoms with Gasteiger partial charge in [-0.05, 0) is 55.2 Å². The number of carbonyl (C=O) groups is 1. The van der Waals surface area contributed by atoms with Crippen molar-refractivity contribution in [2.45, 2.75) is 37.5 Å². The molecule has 2 aliphatic heterocycles. The van der Waals surface area contributed by atoms with E-state index in [9.17, 15) is 22.4 Å². The molecule has 2 atom stereocenters. The summed E-state index contributed by atoms with van der Waals surface area (Å²) >= 11 is 0. The molecule has 0 radical (unpaired) electrons. The Hall–Kier alpha value is -3.23. The van der Waals surface area contributed by atoms with Crippen molar-refractivity contribution in [3.8, 4) is 0 Å². The molecule has 1 N–H and O–H groups in total. The highest BCUT2D eigenvalue weighted by Crippen LogP contribution is 2.44. The minimum Gasteiger partial charge on any atom is -0.314 e. The standard InChI is InChI=1S/C21H16F4N4O/c22-19-15-10-13-3-5-17(14(15)7-8-26-19)29(13)20(30)27-12-2-4-16-11(9-12)1-6-18(28-16)21(23,24)25/h1-2,4,6-9,13,17H,3,5,10H2,(H,27,30). The molecule has 2 aromatic heterocycles. The van der Waals surface area contributed by atoms with Gasteiger partial charge in [-0.15, -0.1) is 0 Å². The number of hydrogen-bond acceptors (Lipinski definition) is 3. The number of anilines is 1. The van der Waals surface area contributed by atoms with Crippen molar-refractivity contribution >= 4 is 22.6 Å². The molecular weight excluding hydrogens is 400 g/mol. The van der Waals surface area contributed by atoms with Crippen LogP contribution >= 0.6 is 0 Å². The van der Waals surface area contributed by atoms with Crippen molar-refractivity contribution < 1.29 is 22.4 Å². The largest absolute Gasteiger partial charge is 0.433 e. The molecule has 5 rings (SSSR count). The van der Waals surface area contributed by atoms with Gasteiger partial charge in [0.1, 0.15) is 5.69 Å². The second kappa shape index (κ2) is 6.65. The molecule has 2 unspecified atom stereocenters. The van der Waals surface area contributed by atoms with E-state index in [4.69, 9.17) is 0 Å². The number of rotatable bonds is 1. The van der Waals surface area contributed by atoms with E-state index in [1.54, 1.807) is 17.0 Å². The van der Waals surface area contributed by atoms with Gasteiger partial charge in [-0.1, -0.05) is 6.07 Å². The number of pyridine rings is 2. The van der Waals surface area contributed by atoms with Crippen molar-refractivity contribution in [1.82, 2.24) is 14.9 Å². The molecule has 9 heteroatoms. The van der Waals surface area contributed by atoms with E-state index in [2.05, 4.69) is 15.3 Å². The quantitative estimate of drug-likeness (QED) is 0.445. The molecule has 1 fully saturated rings. The van der Waals surface area contributed by atoms with E-state index >= 15 is 0 Å². The third-order valence-electron chi connectivity index (χ3n) is 5.81. The maximum atomic E-state index is 14.1. The molecule has 0 saturated carbocycles. The second-order valence-corrected chi connectivity index (χ2v) is 7.56. The fraction of sp³-hybridized carbons (Fsp3) is 0.286. The van der Waals surface area contributed by atoms with Crippen LogP contribution in [0.1, 0.15) is 35.7 Å². The van der Waals surface area contributed by atoms with Crippen LogP contribution in [0, 0.1) is 5.95 Å². The van der Waals surface area contributed by atoms with Crippen LogP contribution in [0.3, 0.4) is 0 Å². The summed E-state index contributed by atoms with van der Waals surface area (Å²) in [6.07, 6.45) is -1.17. The predicted octanol–water partition coefficient (Wildman–Crippen LogP) is 5.08. The van der Waals surface area contributed by atoms with Gasteiger partial charge in [0, 0.05) is 28.9 Å². The van der Waals surface area contributed by atoms with Crippen molar-refractivity contribution in [3.63, 3.8) is 0 Å². The maximum absolute atomic E-state index is 14.1. The predicted molar refractivity (Wildman–Crippen MR) is 101 cm³/mol. The van der Waals surface area contributed by atoms with E-state index in [1.165, 1.54) is 24.4 Å². The number of hydrogen-bond donors (Lipinski definition) is 1. The first-order chi connectivity index (χ1) is 14.3. The Morgan fingerprint density at radius 3 is 2.77 bits per heavy atom. The van der Waals surface area contributed by atoms with Crippen molar-refractivity contribution in [1.29, 1.82) is 0 Å². The van der Waals surface area contributed by atoms with E-state index in [1.807, 2.05) is 0 Å². The number of benzene rings is 1. The Labute approximate surface area is 168 Å². The number of alkyl halides is 3. The third-order valence-corrected chi connectivity index (χ3v) is 5.81. The zero-order valence-corrected chi connectivity index (χ0v) is 15.6. The summed E-state index contributed by atoms with van der Waals surface area (Å²) in [6.45, 7) is 0. The van der Waals surface area contributed by atoms with Gasteiger partial charge in [-0.25, -0.2) is 14.8 Å². The van der Waals surface area contributed by atoms with E-state index in [0.29, 0.717) is 23.1 Å². The van der Waals surface area contributed by atoms with Crippen molar-refractivity contribution in [2.24, 2.45) is 0 Å². The average molecular weight is 416 g/mol. The molecule has 3 aromatic rings. The first-order valence-electron chi connectivity index (χ1n) is 9.52. The average Bonchev–Trinajstić information content (AvgIpc) is 3.03. The molecule has 0 aliphatic carbocycles. The highest BCUT2D eigenvalue weighted by molar-refractivity contribution is 5.93. The second-order valence-electron chi connectivity index (χ2n) is 7.56. The number of halogens is 4. The lowest BCUT2D eigenvalue weighted by atomic mass is 9.95. The minimum absolute atomic E-state index is 0.113. The normalized spacial score (nSPS) is 20.3. The molecular formula is C21H16F4N4O. The van der Waals surface area contributed by atoms with Gasteiger partial charge in [-0.2, -0.15) is 17.6 Å². The molecule has 2 amide bonds. The first kappa shape index (κ1) is 18.8. The number of fused-ring (bicyclic) bond motifs is 5. The van der Waals surface area contributed by atoms with Crippen LogP contribution in [0.25, 0.3) is 10.9 Å². The molecule has 1 aromatic carbocycles. The van der Waals surface area contributed by atoms with Gasteiger partial charge in [0.2, 0.25) is 5.95 Å². The molecule has 2 bridgehead atoms. The Kier molecular flexibility index (Phi) is 4.16. The highest BCUT2D eigenvalue weighted by atomic mass is 19.4. The summed E-state index contributed by atoms with van der Waals surface area (Å²) in [7, 11) is 0. The summed E-state index contributed by atoms with van der Waals surface area (Å²) in [5.74, 6) is -0.482. The zero-order valence-electron chi connectivity index (χ0n) is 15.6. The Morgan fingerprint density at radius 2 is 1.97 bits per heavy atom. The van der Waals surface area contributed by atoms with Crippen molar-refractivity contribution in [3.05, 3.63) is 65.4 Å². The fourth-order valence-corrected chi connectivity index (χ4v) is 4.48. The minimum atomic E-state index is -4.51. The molecule has 4 heterocycles. The van der Waals surface area contributed by atoms with Crippen LogP contribution in [-0.4, -0.2) is 26.9 Å². The van der Waals surface area contributed by atoms with Crippen LogP contribution < -0.4 is 5.32 Å². The fourth-order valence-electron chi connectivity index (χ4n) is 4.48. The van der Waals surface area contributed by atoms with E-state index in [-0.39, 0.29) is 23.6 Å². The van der Waals surface area contributed by atoms with Gasteiger partial charge in [0.05, 0.1) is 11.6 Å².